The van der Waals surface area contributed by atoms with Crippen molar-refractivity contribution in [2.24, 2.45) is 7.05 Å². The van der Waals surface area contributed by atoms with Crippen LogP contribution in [0, 0.1) is 0 Å². The molecule has 1 amide bonds. The molecule has 2 aliphatic heterocycles. The fourth-order valence-corrected chi connectivity index (χ4v) is 2.85. The molecule has 2 unspecified atom stereocenters. The van der Waals surface area contributed by atoms with Crippen molar-refractivity contribution >= 4 is 18.3 Å². The maximum Gasteiger partial charge on any atom is 0.252 e. The molecule has 0 spiro atoms. The van der Waals surface area contributed by atoms with Gasteiger partial charge in [-0.25, -0.2) is 4.98 Å². The molecule has 1 aromatic rings. The standard InChI is InChI=1S/C13H20N4O2.ClH/c1-16-6-5-15-12(16)10-9-14-4-7-17(10)13(18)11-3-2-8-19-11;/h5-6,10-11,14H,2-4,7-9H2,1H3;1H. The summed E-state index contributed by atoms with van der Waals surface area (Å²) in [6.07, 6.45) is 5.27. The first-order valence-electron chi connectivity index (χ1n) is 6.87. The monoisotopic (exact) mass is 300 g/mol. The van der Waals surface area contributed by atoms with Crippen LogP contribution in [0.15, 0.2) is 12.4 Å². The summed E-state index contributed by atoms with van der Waals surface area (Å²) < 4.78 is 7.50. The summed E-state index contributed by atoms with van der Waals surface area (Å²) in [7, 11) is 1.96. The topological polar surface area (TPSA) is 59.4 Å². The molecule has 1 N–H and O–H groups in total. The lowest BCUT2D eigenvalue weighted by Crippen LogP contribution is -2.52. The van der Waals surface area contributed by atoms with E-state index in [0.717, 1.165) is 38.3 Å². The van der Waals surface area contributed by atoms with Gasteiger partial charge < -0.3 is 19.5 Å². The number of amides is 1. The Bertz CT molecular complexity index is 459. The predicted molar refractivity (Wildman–Crippen MR) is 76.8 cm³/mol. The average molecular weight is 301 g/mol. The number of hydrogen-bond acceptors (Lipinski definition) is 4. The van der Waals surface area contributed by atoms with Gasteiger partial charge >= 0.3 is 0 Å². The van der Waals surface area contributed by atoms with E-state index in [2.05, 4.69) is 10.3 Å². The molecule has 6 nitrogen and oxygen atoms in total. The second-order valence-corrected chi connectivity index (χ2v) is 5.15. The zero-order chi connectivity index (χ0) is 13.2. The largest absolute Gasteiger partial charge is 0.368 e. The highest BCUT2D eigenvalue weighted by atomic mass is 35.5. The first-order valence-corrected chi connectivity index (χ1v) is 6.87. The molecule has 3 rings (SSSR count). The quantitative estimate of drug-likeness (QED) is 0.864. The molecule has 0 radical (unpaired) electrons. The molecule has 0 aromatic carbocycles. The molecular weight excluding hydrogens is 280 g/mol. The van der Waals surface area contributed by atoms with Gasteiger partial charge in [-0.3, -0.25) is 4.79 Å². The Hall–Kier alpha value is -1.11. The van der Waals surface area contributed by atoms with Crippen LogP contribution in [0.5, 0.6) is 0 Å². The minimum Gasteiger partial charge on any atom is -0.368 e. The molecule has 3 heterocycles. The van der Waals surface area contributed by atoms with Gasteiger partial charge in [-0.2, -0.15) is 0 Å². The minimum atomic E-state index is -0.249. The van der Waals surface area contributed by atoms with Crippen LogP contribution in [-0.4, -0.2) is 52.7 Å². The van der Waals surface area contributed by atoms with E-state index in [1.165, 1.54) is 0 Å². The van der Waals surface area contributed by atoms with Crippen LogP contribution < -0.4 is 5.32 Å². The number of ether oxygens (including phenoxy) is 1. The van der Waals surface area contributed by atoms with E-state index in [1.807, 2.05) is 22.7 Å². The zero-order valence-electron chi connectivity index (χ0n) is 11.6. The molecule has 2 aliphatic rings. The number of aryl methyl sites for hydroxylation is 1. The van der Waals surface area contributed by atoms with E-state index < -0.39 is 0 Å². The van der Waals surface area contributed by atoms with Gasteiger partial charge in [-0.15, -0.1) is 12.4 Å². The predicted octanol–water partition coefficient (Wildman–Crippen LogP) is 0.494. The summed E-state index contributed by atoms with van der Waals surface area (Å²) in [4.78, 5) is 18.9. The number of nitrogens with one attached hydrogen (secondary N) is 1. The van der Waals surface area contributed by atoms with Gasteiger partial charge in [-0.05, 0) is 12.8 Å². The van der Waals surface area contributed by atoms with Crippen molar-refractivity contribution in [2.75, 3.05) is 26.2 Å². The third-order valence-corrected chi connectivity index (χ3v) is 3.89. The van der Waals surface area contributed by atoms with Crippen LogP contribution in [0.25, 0.3) is 0 Å². The second-order valence-electron chi connectivity index (χ2n) is 5.15. The molecule has 20 heavy (non-hydrogen) atoms. The molecular formula is C13H21ClN4O2. The van der Waals surface area contributed by atoms with E-state index in [9.17, 15) is 4.79 Å². The van der Waals surface area contributed by atoms with Gasteiger partial charge in [0, 0.05) is 45.7 Å². The van der Waals surface area contributed by atoms with Crippen molar-refractivity contribution in [1.82, 2.24) is 19.8 Å². The molecule has 2 fully saturated rings. The highest BCUT2D eigenvalue weighted by molar-refractivity contribution is 5.85. The van der Waals surface area contributed by atoms with Crippen LogP contribution in [0.2, 0.25) is 0 Å². The Morgan fingerprint density at radius 1 is 1.55 bits per heavy atom. The minimum absolute atomic E-state index is 0. The molecule has 7 heteroatoms. The Labute approximate surface area is 124 Å². The number of piperazine rings is 1. The second kappa shape index (κ2) is 6.56. The van der Waals surface area contributed by atoms with Gasteiger partial charge in [-0.1, -0.05) is 0 Å². The van der Waals surface area contributed by atoms with Crippen LogP contribution in [0.1, 0.15) is 24.7 Å². The van der Waals surface area contributed by atoms with Gasteiger partial charge in [0.1, 0.15) is 18.0 Å². The van der Waals surface area contributed by atoms with Crippen molar-refractivity contribution in [3.05, 3.63) is 18.2 Å². The Morgan fingerprint density at radius 2 is 2.40 bits per heavy atom. The number of hydrogen-bond donors (Lipinski definition) is 1. The third-order valence-electron chi connectivity index (χ3n) is 3.89. The lowest BCUT2D eigenvalue weighted by Gasteiger charge is -2.36. The highest BCUT2D eigenvalue weighted by Gasteiger charge is 2.35. The fourth-order valence-electron chi connectivity index (χ4n) is 2.85. The maximum atomic E-state index is 12.6. The molecule has 0 bridgehead atoms. The van der Waals surface area contributed by atoms with Crippen molar-refractivity contribution in [1.29, 1.82) is 0 Å². The van der Waals surface area contributed by atoms with Crippen LogP contribution >= 0.6 is 12.4 Å². The smallest absolute Gasteiger partial charge is 0.252 e. The number of rotatable bonds is 2. The van der Waals surface area contributed by atoms with E-state index in [4.69, 9.17) is 4.74 Å². The lowest BCUT2D eigenvalue weighted by atomic mass is 10.1. The fraction of sp³-hybridized carbons (Fsp3) is 0.692. The summed E-state index contributed by atoms with van der Waals surface area (Å²) in [5.41, 5.74) is 0. The highest BCUT2D eigenvalue weighted by Crippen LogP contribution is 2.24. The average Bonchev–Trinajstić information content (AvgIpc) is 3.09. The zero-order valence-corrected chi connectivity index (χ0v) is 12.4. The lowest BCUT2D eigenvalue weighted by molar-refractivity contribution is -0.144. The van der Waals surface area contributed by atoms with Gasteiger partial charge in [0.25, 0.3) is 5.91 Å². The summed E-state index contributed by atoms with van der Waals surface area (Å²) in [5.74, 6) is 1.05. The van der Waals surface area contributed by atoms with Gasteiger partial charge in [0.15, 0.2) is 0 Å². The maximum absolute atomic E-state index is 12.6. The molecule has 112 valence electrons. The van der Waals surface area contributed by atoms with Crippen LogP contribution in [0.3, 0.4) is 0 Å². The number of imidazole rings is 1. The van der Waals surface area contributed by atoms with Crippen LogP contribution in [0.4, 0.5) is 0 Å². The number of aromatic nitrogens is 2. The molecule has 2 atom stereocenters. The van der Waals surface area contributed by atoms with Crippen molar-refractivity contribution < 1.29 is 9.53 Å². The molecule has 0 saturated carbocycles. The first kappa shape index (κ1) is 15.3. The molecule has 2 saturated heterocycles. The van der Waals surface area contributed by atoms with Gasteiger partial charge in [0.2, 0.25) is 0 Å². The van der Waals surface area contributed by atoms with Crippen molar-refractivity contribution in [3.63, 3.8) is 0 Å². The number of nitrogens with zero attached hydrogens (tertiary/aromatic N) is 3. The van der Waals surface area contributed by atoms with Crippen LogP contribution in [-0.2, 0) is 16.6 Å². The Kier molecular flexibility index (Phi) is 5.01. The summed E-state index contributed by atoms with van der Waals surface area (Å²) in [6.45, 7) is 3.01. The molecule has 0 aliphatic carbocycles. The normalized spacial score (nSPS) is 26.4. The van der Waals surface area contributed by atoms with Crippen molar-refractivity contribution in [3.8, 4) is 0 Å². The summed E-state index contributed by atoms with van der Waals surface area (Å²) in [6, 6.07) is 0.00505. The van der Waals surface area contributed by atoms with E-state index in [-0.39, 0.29) is 30.5 Å². The third kappa shape index (κ3) is 2.82. The van der Waals surface area contributed by atoms with E-state index in [0.29, 0.717) is 6.61 Å². The first-order chi connectivity index (χ1) is 9.27. The Morgan fingerprint density at radius 3 is 3.05 bits per heavy atom. The summed E-state index contributed by atoms with van der Waals surface area (Å²) >= 11 is 0. The number of carbonyl (C=O) groups is 1. The SMILES string of the molecule is Cl.Cn1ccnc1C1CNCCN1C(=O)C1CCCO1. The number of halogens is 1. The molecule has 1 aromatic heterocycles. The summed E-state index contributed by atoms with van der Waals surface area (Å²) in [5, 5.41) is 3.34. The number of carbonyl (C=O) groups excluding carboxylic acids is 1. The van der Waals surface area contributed by atoms with E-state index >= 15 is 0 Å². The van der Waals surface area contributed by atoms with Gasteiger partial charge in [0.05, 0.1) is 0 Å². The Balaban J connectivity index is 0.00000147. The van der Waals surface area contributed by atoms with E-state index in [1.54, 1.807) is 6.20 Å². The van der Waals surface area contributed by atoms with Crippen molar-refractivity contribution in [2.45, 2.75) is 25.0 Å².